The van der Waals surface area contributed by atoms with Crippen molar-refractivity contribution in [1.29, 1.82) is 0 Å². The van der Waals surface area contributed by atoms with Gasteiger partial charge in [0.2, 0.25) is 0 Å². The van der Waals surface area contributed by atoms with Crippen molar-refractivity contribution in [1.82, 2.24) is 4.98 Å². The molecule has 2 heterocycles. The zero-order valence-electron chi connectivity index (χ0n) is 16.1. The van der Waals surface area contributed by atoms with Gasteiger partial charge in [-0.25, -0.2) is 4.98 Å². The molecule has 0 aliphatic carbocycles. The van der Waals surface area contributed by atoms with Crippen LogP contribution in [0, 0.1) is 10.1 Å². The number of ether oxygens (including phenoxy) is 1. The first-order chi connectivity index (χ1) is 14.9. The number of hydrogen-bond acceptors (Lipinski definition) is 8. The number of hydrogen-bond donors (Lipinski definition) is 1. The molecule has 1 saturated heterocycles. The van der Waals surface area contributed by atoms with Crippen LogP contribution in [0.2, 0.25) is 0 Å². The number of aliphatic hydroxyl groups is 1. The maximum atomic E-state index is 13.0. The molecule has 31 heavy (non-hydrogen) atoms. The molecule has 1 aliphatic rings. The van der Waals surface area contributed by atoms with Gasteiger partial charge in [0.05, 0.1) is 23.6 Å². The molecule has 9 nitrogen and oxygen atoms in total. The number of anilines is 1. The van der Waals surface area contributed by atoms with Crippen molar-refractivity contribution in [3.63, 3.8) is 0 Å². The average molecular weight is 437 g/mol. The predicted octanol–water partition coefficient (Wildman–Crippen LogP) is 3.69. The zero-order chi connectivity index (χ0) is 22.1. The van der Waals surface area contributed by atoms with E-state index in [4.69, 9.17) is 4.74 Å². The summed E-state index contributed by atoms with van der Waals surface area (Å²) >= 11 is 1.16. The molecule has 0 saturated carbocycles. The van der Waals surface area contributed by atoms with Gasteiger partial charge in [-0.15, -0.1) is 11.3 Å². The molecule has 1 fully saturated rings. The fourth-order valence-electron chi connectivity index (χ4n) is 3.38. The Morgan fingerprint density at radius 1 is 1.23 bits per heavy atom. The highest BCUT2D eigenvalue weighted by molar-refractivity contribution is 7.14. The summed E-state index contributed by atoms with van der Waals surface area (Å²) in [6.45, 7) is 0. The van der Waals surface area contributed by atoms with Gasteiger partial charge in [0, 0.05) is 29.3 Å². The molecule has 4 rings (SSSR count). The van der Waals surface area contributed by atoms with Crippen molar-refractivity contribution >= 4 is 39.6 Å². The third-order valence-corrected chi connectivity index (χ3v) is 5.60. The number of ketones is 1. The minimum atomic E-state index is -1.00. The van der Waals surface area contributed by atoms with Gasteiger partial charge in [-0.1, -0.05) is 12.1 Å². The fraction of sp³-hybridized carbons (Fsp3) is 0.0952. The second-order valence-corrected chi connectivity index (χ2v) is 7.44. The van der Waals surface area contributed by atoms with Gasteiger partial charge in [0.15, 0.2) is 5.13 Å². The van der Waals surface area contributed by atoms with Crippen molar-refractivity contribution in [3.05, 3.63) is 86.9 Å². The van der Waals surface area contributed by atoms with Crippen molar-refractivity contribution in [3.8, 4) is 5.75 Å². The number of benzene rings is 2. The summed E-state index contributed by atoms with van der Waals surface area (Å²) in [5.41, 5.74) is 0.442. The van der Waals surface area contributed by atoms with Crippen molar-refractivity contribution < 1.29 is 24.4 Å². The number of carbonyl (C=O) groups excluding carboxylic acids is 2. The maximum Gasteiger partial charge on any atom is 0.301 e. The first kappa shape index (κ1) is 20.2. The van der Waals surface area contributed by atoms with Crippen molar-refractivity contribution in [2.45, 2.75) is 6.04 Å². The number of nitro benzene ring substituents is 1. The summed E-state index contributed by atoms with van der Waals surface area (Å²) in [7, 11) is 1.47. The third kappa shape index (κ3) is 3.53. The van der Waals surface area contributed by atoms with Crippen LogP contribution in [0.3, 0.4) is 0 Å². The normalized spacial score (nSPS) is 17.7. The first-order valence-electron chi connectivity index (χ1n) is 9.01. The van der Waals surface area contributed by atoms with E-state index in [1.54, 1.807) is 29.6 Å². The van der Waals surface area contributed by atoms with Gasteiger partial charge < -0.3 is 9.84 Å². The number of rotatable bonds is 5. The molecule has 10 heteroatoms. The molecule has 0 bridgehead atoms. The SMILES string of the molecule is COc1cccc(/C(O)=C2\C(=O)C(=O)N(c3nccs3)C2c2ccc([N+](=O)[O-])cc2)c1. The van der Waals surface area contributed by atoms with E-state index in [0.29, 0.717) is 16.9 Å². The number of amides is 1. The Labute approximate surface area is 180 Å². The quantitative estimate of drug-likeness (QED) is 0.212. The summed E-state index contributed by atoms with van der Waals surface area (Å²) < 4.78 is 5.17. The van der Waals surface area contributed by atoms with Gasteiger partial charge in [-0.3, -0.25) is 24.6 Å². The molecule has 1 unspecified atom stereocenters. The number of thiazole rings is 1. The largest absolute Gasteiger partial charge is 0.507 e. The van der Waals surface area contributed by atoms with E-state index in [9.17, 15) is 24.8 Å². The number of aliphatic hydroxyl groups excluding tert-OH is 1. The molecule has 0 spiro atoms. The standard InChI is InChI=1S/C21H15N3O6S/c1-30-15-4-2-3-13(11-15)18(25)16-17(12-5-7-14(8-6-12)24(28)29)23(20(27)19(16)26)21-22-9-10-31-21/h2-11,17,25H,1H3/b18-16+. The van der Waals surface area contributed by atoms with Gasteiger partial charge >= 0.3 is 5.91 Å². The van der Waals surface area contributed by atoms with Crippen LogP contribution >= 0.6 is 11.3 Å². The minimum Gasteiger partial charge on any atom is -0.507 e. The van der Waals surface area contributed by atoms with Crippen LogP contribution < -0.4 is 9.64 Å². The predicted molar refractivity (Wildman–Crippen MR) is 113 cm³/mol. The Balaban J connectivity index is 1.92. The summed E-state index contributed by atoms with van der Waals surface area (Å²) in [5.74, 6) is -1.63. The molecule has 2 aromatic carbocycles. The molecule has 0 radical (unpaired) electrons. The smallest absolute Gasteiger partial charge is 0.301 e. The van der Waals surface area contributed by atoms with E-state index in [1.165, 1.54) is 42.5 Å². The van der Waals surface area contributed by atoms with E-state index < -0.39 is 22.7 Å². The Hall–Kier alpha value is -4.05. The highest BCUT2D eigenvalue weighted by Gasteiger charge is 2.48. The van der Waals surface area contributed by atoms with E-state index in [2.05, 4.69) is 4.98 Å². The van der Waals surface area contributed by atoms with Crippen molar-refractivity contribution in [2.24, 2.45) is 0 Å². The lowest BCUT2D eigenvalue weighted by Gasteiger charge is -2.22. The average Bonchev–Trinajstić information content (AvgIpc) is 3.40. The summed E-state index contributed by atoms with van der Waals surface area (Å²) in [4.78, 5) is 41.7. The van der Waals surface area contributed by atoms with Gasteiger partial charge in [0.1, 0.15) is 11.5 Å². The molecule has 1 N–H and O–H groups in total. The lowest BCUT2D eigenvalue weighted by Crippen LogP contribution is -2.29. The summed E-state index contributed by atoms with van der Waals surface area (Å²) in [6.07, 6.45) is 1.49. The second kappa shape index (κ2) is 8.00. The van der Waals surface area contributed by atoms with Crippen LogP contribution in [0.4, 0.5) is 10.8 Å². The Kier molecular flexibility index (Phi) is 5.22. The molecule has 1 aromatic heterocycles. The lowest BCUT2D eigenvalue weighted by molar-refractivity contribution is -0.384. The van der Waals surface area contributed by atoms with Gasteiger partial charge in [-0.2, -0.15) is 0 Å². The van der Waals surface area contributed by atoms with Crippen LogP contribution in [0.25, 0.3) is 5.76 Å². The number of aromatic nitrogens is 1. The van der Waals surface area contributed by atoms with Gasteiger partial charge in [0.25, 0.3) is 11.5 Å². The molecular weight excluding hydrogens is 422 g/mol. The second-order valence-electron chi connectivity index (χ2n) is 6.56. The highest BCUT2D eigenvalue weighted by Crippen LogP contribution is 2.43. The molecule has 3 aromatic rings. The molecule has 1 aliphatic heterocycles. The monoisotopic (exact) mass is 437 g/mol. The summed E-state index contributed by atoms with van der Waals surface area (Å²) in [6, 6.07) is 10.9. The number of nitro groups is 1. The number of carbonyl (C=O) groups is 2. The number of non-ortho nitro benzene ring substituents is 1. The molecule has 156 valence electrons. The van der Waals surface area contributed by atoms with Gasteiger partial charge in [-0.05, 0) is 29.8 Å². The van der Waals surface area contributed by atoms with Crippen LogP contribution in [0.5, 0.6) is 5.75 Å². The van der Waals surface area contributed by atoms with Crippen LogP contribution in [-0.2, 0) is 9.59 Å². The lowest BCUT2D eigenvalue weighted by atomic mass is 9.95. The van der Waals surface area contributed by atoms with E-state index in [1.807, 2.05) is 0 Å². The Morgan fingerprint density at radius 2 is 1.97 bits per heavy atom. The third-order valence-electron chi connectivity index (χ3n) is 4.83. The van der Waals surface area contributed by atoms with E-state index >= 15 is 0 Å². The number of methoxy groups -OCH3 is 1. The topological polar surface area (TPSA) is 123 Å². The van der Waals surface area contributed by atoms with Crippen LogP contribution in [0.1, 0.15) is 17.2 Å². The number of nitrogens with zero attached hydrogens (tertiary/aromatic N) is 3. The molecular formula is C21H15N3O6S. The van der Waals surface area contributed by atoms with Crippen LogP contribution in [-0.4, -0.2) is 33.8 Å². The van der Waals surface area contributed by atoms with E-state index in [-0.39, 0.29) is 22.2 Å². The first-order valence-corrected chi connectivity index (χ1v) is 9.89. The Bertz CT molecular complexity index is 1200. The highest BCUT2D eigenvalue weighted by atomic mass is 32.1. The van der Waals surface area contributed by atoms with Crippen molar-refractivity contribution in [2.75, 3.05) is 12.0 Å². The Morgan fingerprint density at radius 3 is 2.58 bits per heavy atom. The van der Waals surface area contributed by atoms with E-state index in [0.717, 1.165) is 11.3 Å². The molecule has 1 atom stereocenters. The maximum absolute atomic E-state index is 13.0. The molecule has 1 amide bonds. The zero-order valence-corrected chi connectivity index (χ0v) is 16.9. The fourth-order valence-corrected chi connectivity index (χ4v) is 4.05. The minimum absolute atomic E-state index is 0.136. The summed E-state index contributed by atoms with van der Waals surface area (Å²) in [5, 5.41) is 24.0. The van der Waals surface area contributed by atoms with Crippen LogP contribution in [0.15, 0.2) is 65.7 Å². The number of Topliss-reactive ketones (excluding diaryl/α,β-unsaturated/α-hetero) is 1.